The lowest BCUT2D eigenvalue weighted by Gasteiger charge is -2.05. The summed E-state index contributed by atoms with van der Waals surface area (Å²) in [6.07, 6.45) is 0.248. The lowest BCUT2D eigenvalue weighted by atomic mass is 10.1. The largest absolute Gasteiger partial charge is 0.298 e. The summed E-state index contributed by atoms with van der Waals surface area (Å²) < 4.78 is 13.1. The number of benzene rings is 1. The molecule has 4 heteroatoms. The van der Waals surface area contributed by atoms with Crippen molar-refractivity contribution >= 4 is 33.3 Å². The van der Waals surface area contributed by atoms with E-state index in [1.807, 2.05) is 0 Å². The Labute approximate surface area is 95.4 Å². The van der Waals surface area contributed by atoms with Crippen LogP contribution in [0.15, 0.2) is 22.7 Å². The minimum Gasteiger partial charge on any atom is -0.298 e. The quantitative estimate of drug-likeness (QED) is 0.773. The van der Waals surface area contributed by atoms with Gasteiger partial charge < -0.3 is 0 Å². The molecule has 14 heavy (non-hydrogen) atoms. The van der Waals surface area contributed by atoms with Crippen molar-refractivity contribution < 1.29 is 9.18 Å². The van der Waals surface area contributed by atoms with Crippen molar-refractivity contribution in [1.29, 1.82) is 0 Å². The molecule has 0 spiro atoms. The van der Waals surface area contributed by atoms with Gasteiger partial charge in [-0.1, -0.05) is 34.1 Å². The Morgan fingerprint density at radius 2 is 2.07 bits per heavy atom. The predicted molar refractivity (Wildman–Crippen MR) is 58.4 cm³/mol. The number of Topliss-reactive ketones (excluding diaryl/α,β-unsaturated/α-hetero) is 1. The fourth-order valence-corrected chi connectivity index (χ4v) is 1.74. The average Bonchev–Trinajstić information content (AvgIpc) is 2.21. The normalized spacial score (nSPS) is 10.2. The Morgan fingerprint density at radius 1 is 1.43 bits per heavy atom. The number of alkyl halides is 2. The lowest BCUT2D eigenvalue weighted by Crippen LogP contribution is -2.05. The first-order valence-corrected chi connectivity index (χ1v) is 5.41. The Bertz CT molecular complexity index is 341. The summed E-state index contributed by atoms with van der Waals surface area (Å²) in [4.78, 5) is 11.1. The maximum Gasteiger partial charge on any atom is 0.151 e. The van der Waals surface area contributed by atoms with Crippen LogP contribution in [0.5, 0.6) is 0 Å². The Kier molecular flexibility index (Phi) is 4.55. The van der Waals surface area contributed by atoms with E-state index in [2.05, 4.69) is 15.9 Å². The highest BCUT2D eigenvalue weighted by Crippen LogP contribution is 2.23. The van der Waals surface area contributed by atoms with Crippen molar-refractivity contribution in [1.82, 2.24) is 0 Å². The predicted octanol–water partition coefficient (Wildman–Crippen LogP) is 3.27. The molecule has 1 nitrogen and oxygen atoms in total. The molecule has 1 aromatic rings. The van der Waals surface area contributed by atoms with Crippen molar-refractivity contribution in [2.24, 2.45) is 0 Å². The smallest absolute Gasteiger partial charge is 0.151 e. The zero-order valence-electron chi connectivity index (χ0n) is 7.40. The third-order valence-corrected chi connectivity index (χ3v) is 3.16. The molecule has 0 fully saturated rings. The van der Waals surface area contributed by atoms with E-state index in [9.17, 15) is 9.18 Å². The van der Waals surface area contributed by atoms with E-state index in [4.69, 9.17) is 11.6 Å². The molecule has 0 aliphatic carbocycles. The number of halogens is 3. The van der Waals surface area contributed by atoms with Gasteiger partial charge in [-0.2, -0.15) is 0 Å². The molecule has 1 aromatic carbocycles. The SMILES string of the molecule is O=C(CCl)Cc1cccc(CF)c1Br. The number of ketones is 1. The topological polar surface area (TPSA) is 17.1 Å². The van der Waals surface area contributed by atoms with Crippen LogP contribution in [0.1, 0.15) is 11.1 Å². The molecular weight excluding hydrogens is 270 g/mol. The second-order valence-electron chi connectivity index (χ2n) is 2.87. The van der Waals surface area contributed by atoms with Gasteiger partial charge in [-0.15, -0.1) is 11.6 Å². The van der Waals surface area contributed by atoms with E-state index in [1.165, 1.54) is 0 Å². The van der Waals surface area contributed by atoms with Crippen LogP contribution in [0, 0.1) is 0 Å². The second kappa shape index (κ2) is 5.47. The molecular formula is C10H9BrClFO. The molecule has 0 heterocycles. The van der Waals surface area contributed by atoms with Gasteiger partial charge in [-0.3, -0.25) is 4.79 Å². The Balaban J connectivity index is 2.92. The molecule has 1 rings (SSSR count). The van der Waals surface area contributed by atoms with E-state index in [-0.39, 0.29) is 18.1 Å². The highest BCUT2D eigenvalue weighted by molar-refractivity contribution is 9.10. The van der Waals surface area contributed by atoms with Crippen molar-refractivity contribution in [2.75, 3.05) is 5.88 Å². The van der Waals surface area contributed by atoms with Crippen molar-refractivity contribution in [2.45, 2.75) is 13.1 Å². The van der Waals surface area contributed by atoms with Gasteiger partial charge in [0, 0.05) is 10.9 Å². The highest BCUT2D eigenvalue weighted by atomic mass is 79.9. The Morgan fingerprint density at radius 3 is 2.64 bits per heavy atom. The maximum atomic E-state index is 12.4. The average molecular weight is 280 g/mol. The Hall–Kier alpha value is -0.410. The van der Waals surface area contributed by atoms with E-state index in [1.54, 1.807) is 18.2 Å². The summed E-state index contributed by atoms with van der Waals surface area (Å²) in [6.45, 7) is -0.538. The molecule has 0 N–H and O–H groups in total. The van der Waals surface area contributed by atoms with Crippen LogP contribution in [-0.4, -0.2) is 11.7 Å². The zero-order valence-corrected chi connectivity index (χ0v) is 9.74. The number of carbonyl (C=O) groups excluding carboxylic acids is 1. The van der Waals surface area contributed by atoms with E-state index in [0.29, 0.717) is 10.0 Å². The molecule has 0 bridgehead atoms. The number of hydrogen-bond acceptors (Lipinski definition) is 1. The van der Waals surface area contributed by atoms with Gasteiger partial charge in [0.1, 0.15) is 6.67 Å². The number of rotatable bonds is 4. The van der Waals surface area contributed by atoms with E-state index < -0.39 is 6.67 Å². The minimum atomic E-state index is -0.538. The van der Waals surface area contributed by atoms with Crippen LogP contribution in [0.2, 0.25) is 0 Å². The van der Waals surface area contributed by atoms with Gasteiger partial charge in [0.05, 0.1) is 5.88 Å². The van der Waals surface area contributed by atoms with Gasteiger partial charge in [0.15, 0.2) is 5.78 Å². The first-order chi connectivity index (χ1) is 6.69. The van der Waals surface area contributed by atoms with Crippen LogP contribution < -0.4 is 0 Å². The van der Waals surface area contributed by atoms with Crippen molar-refractivity contribution in [3.63, 3.8) is 0 Å². The highest BCUT2D eigenvalue weighted by Gasteiger charge is 2.08. The molecule has 0 atom stereocenters. The van der Waals surface area contributed by atoms with Crippen molar-refractivity contribution in [3.8, 4) is 0 Å². The first-order valence-electron chi connectivity index (χ1n) is 4.09. The van der Waals surface area contributed by atoms with Gasteiger partial charge in [0.2, 0.25) is 0 Å². The molecule has 0 saturated carbocycles. The molecule has 0 radical (unpaired) electrons. The standard InChI is InChI=1S/C10H9BrClFO/c11-10-7(4-9(14)5-12)2-1-3-8(10)6-13/h1-3H,4-6H2. The molecule has 0 aromatic heterocycles. The summed E-state index contributed by atoms with van der Waals surface area (Å²) in [6, 6.07) is 5.20. The summed E-state index contributed by atoms with van der Waals surface area (Å²) in [5.41, 5.74) is 1.34. The second-order valence-corrected chi connectivity index (χ2v) is 3.93. The van der Waals surface area contributed by atoms with Gasteiger partial charge >= 0.3 is 0 Å². The molecule has 0 aliphatic rings. The zero-order chi connectivity index (χ0) is 10.6. The molecule has 0 amide bonds. The minimum absolute atomic E-state index is 0.00765. The monoisotopic (exact) mass is 278 g/mol. The summed E-state index contributed by atoms with van der Waals surface area (Å²) in [5, 5.41) is 0. The number of hydrogen-bond donors (Lipinski definition) is 0. The molecule has 0 aliphatic heterocycles. The molecule has 0 unspecified atom stereocenters. The van der Waals surface area contributed by atoms with Crippen LogP contribution in [0.4, 0.5) is 4.39 Å². The van der Waals surface area contributed by atoms with E-state index in [0.717, 1.165) is 5.56 Å². The van der Waals surface area contributed by atoms with E-state index >= 15 is 0 Å². The fourth-order valence-electron chi connectivity index (χ4n) is 1.13. The van der Waals surface area contributed by atoms with Crippen LogP contribution in [0.25, 0.3) is 0 Å². The van der Waals surface area contributed by atoms with Crippen LogP contribution >= 0.6 is 27.5 Å². The molecule has 0 saturated heterocycles. The van der Waals surface area contributed by atoms with Gasteiger partial charge in [0.25, 0.3) is 0 Å². The van der Waals surface area contributed by atoms with Gasteiger partial charge in [-0.25, -0.2) is 4.39 Å². The third kappa shape index (κ3) is 2.79. The first kappa shape index (κ1) is 11.7. The lowest BCUT2D eigenvalue weighted by molar-refractivity contribution is -0.116. The number of carbonyl (C=O) groups is 1. The third-order valence-electron chi connectivity index (χ3n) is 1.84. The summed E-state index contributed by atoms with van der Waals surface area (Å²) in [7, 11) is 0. The maximum absolute atomic E-state index is 12.4. The van der Waals surface area contributed by atoms with Crippen molar-refractivity contribution in [3.05, 3.63) is 33.8 Å². The fraction of sp³-hybridized carbons (Fsp3) is 0.300. The van der Waals surface area contributed by atoms with Crippen LogP contribution in [-0.2, 0) is 17.9 Å². The summed E-state index contributed by atoms with van der Waals surface area (Å²) >= 11 is 8.65. The molecule has 76 valence electrons. The van der Waals surface area contributed by atoms with Crippen LogP contribution in [0.3, 0.4) is 0 Å². The summed E-state index contributed by atoms with van der Waals surface area (Å²) in [5.74, 6) is -0.0740. The van der Waals surface area contributed by atoms with Gasteiger partial charge in [-0.05, 0) is 11.1 Å².